The van der Waals surface area contributed by atoms with E-state index in [1.807, 2.05) is 0 Å². The predicted molar refractivity (Wildman–Crippen MR) is 57.1 cm³/mol. The molecule has 0 heterocycles. The molecular formula is C9H9ClN2O3. The summed E-state index contributed by atoms with van der Waals surface area (Å²) in [4.78, 5) is 14.5. The van der Waals surface area contributed by atoms with Crippen LogP contribution in [0.15, 0.2) is 23.2 Å². The highest BCUT2D eigenvalue weighted by Crippen LogP contribution is 2.22. The van der Waals surface area contributed by atoms with Crippen LogP contribution in [0.5, 0.6) is 5.75 Å². The monoisotopic (exact) mass is 228 g/mol. The van der Waals surface area contributed by atoms with Gasteiger partial charge in [-0.05, 0) is 12.1 Å². The van der Waals surface area contributed by atoms with Gasteiger partial charge in [0.25, 0.3) is 0 Å². The Hall–Kier alpha value is -1.75. The van der Waals surface area contributed by atoms with Crippen molar-refractivity contribution < 1.29 is 15.0 Å². The van der Waals surface area contributed by atoms with Crippen LogP contribution in [0.3, 0.4) is 0 Å². The second-order valence-electron chi connectivity index (χ2n) is 2.78. The highest BCUT2D eigenvalue weighted by atomic mass is 35.5. The molecule has 6 heteroatoms. The van der Waals surface area contributed by atoms with Crippen molar-refractivity contribution in [1.82, 2.24) is 0 Å². The van der Waals surface area contributed by atoms with Crippen molar-refractivity contribution in [3.05, 3.63) is 23.8 Å². The van der Waals surface area contributed by atoms with E-state index in [2.05, 4.69) is 4.99 Å². The van der Waals surface area contributed by atoms with Gasteiger partial charge in [-0.2, -0.15) is 0 Å². The maximum Gasteiger partial charge on any atom is 0.335 e. The number of amidine groups is 1. The van der Waals surface area contributed by atoms with Crippen LogP contribution >= 0.6 is 11.6 Å². The van der Waals surface area contributed by atoms with Crippen molar-refractivity contribution in [2.45, 2.75) is 0 Å². The number of phenols is 1. The third-order valence-electron chi connectivity index (χ3n) is 1.56. The number of benzene rings is 1. The number of nitrogens with zero attached hydrogens (tertiary/aromatic N) is 1. The first-order chi connectivity index (χ1) is 7.02. The van der Waals surface area contributed by atoms with Gasteiger partial charge < -0.3 is 15.9 Å². The number of aliphatic imine (C=N–C) groups is 1. The number of hydrogen-bond donors (Lipinski definition) is 3. The van der Waals surface area contributed by atoms with E-state index in [0.717, 1.165) is 6.07 Å². The molecule has 15 heavy (non-hydrogen) atoms. The largest absolute Gasteiger partial charge is 0.508 e. The molecule has 0 fully saturated rings. The molecule has 0 bridgehead atoms. The molecule has 1 aromatic rings. The second-order valence-corrected chi connectivity index (χ2v) is 3.05. The smallest absolute Gasteiger partial charge is 0.335 e. The van der Waals surface area contributed by atoms with E-state index in [9.17, 15) is 9.90 Å². The molecule has 80 valence electrons. The minimum atomic E-state index is -1.15. The minimum Gasteiger partial charge on any atom is -0.508 e. The number of carboxylic acids is 1. The Morgan fingerprint density at radius 2 is 2.13 bits per heavy atom. The van der Waals surface area contributed by atoms with Crippen molar-refractivity contribution in [2.24, 2.45) is 10.7 Å². The summed E-state index contributed by atoms with van der Waals surface area (Å²) in [7, 11) is 0. The molecule has 0 saturated heterocycles. The number of alkyl halides is 1. The van der Waals surface area contributed by atoms with Gasteiger partial charge in [0.1, 0.15) is 11.6 Å². The van der Waals surface area contributed by atoms with E-state index in [1.54, 1.807) is 0 Å². The highest BCUT2D eigenvalue weighted by Gasteiger charge is 2.06. The van der Waals surface area contributed by atoms with Gasteiger partial charge in [0.2, 0.25) is 0 Å². The number of aromatic hydroxyl groups is 1. The zero-order valence-corrected chi connectivity index (χ0v) is 8.40. The van der Waals surface area contributed by atoms with E-state index < -0.39 is 5.97 Å². The van der Waals surface area contributed by atoms with E-state index in [1.165, 1.54) is 12.1 Å². The summed E-state index contributed by atoms with van der Waals surface area (Å²) in [5, 5.41) is 17.9. The van der Waals surface area contributed by atoms with Crippen LogP contribution in [0.4, 0.5) is 5.69 Å². The number of rotatable bonds is 3. The van der Waals surface area contributed by atoms with Crippen molar-refractivity contribution in [3.8, 4) is 5.75 Å². The van der Waals surface area contributed by atoms with Gasteiger partial charge >= 0.3 is 5.97 Å². The van der Waals surface area contributed by atoms with Crippen molar-refractivity contribution >= 4 is 29.1 Å². The zero-order chi connectivity index (χ0) is 11.4. The molecule has 0 aliphatic heterocycles. The topological polar surface area (TPSA) is 95.9 Å². The number of carbonyl (C=O) groups is 1. The van der Waals surface area contributed by atoms with E-state index in [-0.39, 0.29) is 28.7 Å². The van der Waals surface area contributed by atoms with Crippen molar-refractivity contribution in [2.75, 3.05) is 5.88 Å². The summed E-state index contributed by atoms with van der Waals surface area (Å²) in [6, 6.07) is 3.71. The first-order valence-corrected chi connectivity index (χ1v) is 4.52. The average Bonchev–Trinajstić information content (AvgIpc) is 2.16. The lowest BCUT2D eigenvalue weighted by Crippen LogP contribution is -2.12. The molecule has 0 spiro atoms. The molecule has 0 radical (unpaired) electrons. The van der Waals surface area contributed by atoms with Gasteiger partial charge in [-0.25, -0.2) is 9.79 Å². The fourth-order valence-corrected chi connectivity index (χ4v) is 1.04. The lowest BCUT2D eigenvalue weighted by Gasteiger charge is -2.00. The van der Waals surface area contributed by atoms with Gasteiger partial charge in [0, 0.05) is 6.07 Å². The van der Waals surface area contributed by atoms with Gasteiger partial charge in [-0.15, -0.1) is 11.6 Å². The molecule has 4 N–H and O–H groups in total. The molecule has 0 aliphatic rings. The van der Waals surface area contributed by atoms with Crippen molar-refractivity contribution in [3.63, 3.8) is 0 Å². The van der Waals surface area contributed by atoms with Crippen LogP contribution < -0.4 is 5.73 Å². The summed E-state index contributed by atoms with van der Waals surface area (Å²) in [5.41, 5.74) is 5.57. The Kier molecular flexibility index (Phi) is 3.51. The molecule has 1 aromatic carbocycles. The first kappa shape index (κ1) is 11.3. The van der Waals surface area contributed by atoms with Crippen LogP contribution in [-0.4, -0.2) is 27.9 Å². The third-order valence-corrected chi connectivity index (χ3v) is 1.83. The number of hydrogen-bond acceptors (Lipinski definition) is 3. The van der Waals surface area contributed by atoms with Gasteiger partial charge in [0.15, 0.2) is 0 Å². The van der Waals surface area contributed by atoms with Crippen LogP contribution in [-0.2, 0) is 0 Å². The van der Waals surface area contributed by atoms with E-state index in [4.69, 9.17) is 22.4 Å². The predicted octanol–water partition coefficient (Wildman–Crippen LogP) is 1.32. The number of carboxylic acid groups (broad SMARTS) is 1. The van der Waals surface area contributed by atoms with Crippen LogP contribution in [0, 0.1) is 0 Å². The quantitative estimate of drug-likeness (QED) is 0.413. The molecule has 0 aromatic heterocycles. The van der Waals surface area contributed by atoms with E-state index >= 15 is 0 Å². The molecular weight excluding hydrogens is 220 g/mol. The number of halogens is 1. The molecule has 0 unspecified atom stereocenters. The highest BCUT2D eigenvalue weighted by molar-refractivity contribution is 6.28. The molecule has 1 rings (SSSR count). The fraction of sp³-hybridized carbons (Fsp3) is 0.111. The van der Waals surface area contributed by atoms with Crippen molar-refractivity contribution in [1.29, 1.82) is 0 Å². The van der Waals surface area contributed by atoms with E-state index in [0.29, 0.717) is 0 Å². The summed E-state index contributed by atoms with van der Waals surface area (Å²) in [6.07, 6.45) is 0. The molecule has 0 atom stereocenters. The molecule has 0 amide bonds. The Balaban J connectivity index is 3.15. The lowest BCUT2D eigenvalue weighted by atomic mass is 10.2. The van der Waals surface area contributed by atoms with Crippen LogP contribution in [0.1, 0.15) is 10.4 Å². The summed E-state index contributed by atoms with van der Waals surface area (Å²) in [5.74, 6) is -1.14. The maximum atomic E-state index is 10.6. The average molecular weight is 229 g/mol. The standard InChI is InChI=1S/C9H9ClN2O3/c10-4-8(11)12-6-1-5(9(14)15)2-7(13)3-6/h1-3,13H,4H2,(H2,11,12)(H,14,15). The lowest BCUT2D eigenvalue weighted by molar-refractivity contribution is 0.0696. The van der Waals surface area contributed by atoms with Crippen LogP contribution in [0.25, 0.3) is 0 Å². The Morgan fingerprint density at radius 3 is 2.67 bits per heavy atom. The van der Waals surface area contributed by atoms with Gasteiger partial charge in [0.05, 0.1) is 17.1 Å². The van der Waals surface area contributed by atoms with Gasteiger partial charge in [-0.1, -0.05) is 0 Å². The second kappa shape index (κ2) is 4.65. The molecule has 5 nitrogen and oxygen atoms in total. The number of phenolic OH excluding ortho intramolecular Hbond substituents is 1. The summed E-state index contributed by atoms with van der Waals surface area (Å²) >= 11 is 5.41. The molecule has 0 saturated carbocycles. The first-order valence-electron chi connectivity index (χ1n) is 3.99. The Labute approximate surface area is 90.8 Å². The van der Waals surface area contributed by atoms with Gasteiger partial charge in [-0.3, -0.25) is 0 Å². The zero-order valence-electron chi connectivity index (χ0n) is 7.64. The fourth-order valence-electron chi connectivity index (χ4n) is 0.979. The summed E-state index contributed by atoms with van der Waals surface area (Å²) < 4.78 is 0. The third kappa shape index (κ3) is 3.14. The minimum absolute atomic E-state index is 0.0397. The SMILES string of the molecule is NC(CCl)=Nc1cc(O)cc(C(=O)O)c1. The Bertz CT molecular complexity index is 418. The molecule has 0 aliphatic carbocycles. The maximum absolute atomic E-state index is 10.6. The Morgan fingerprint density at radius 1 is 1.47 bits per heavy atom. The number of nitrogens with two attached hydrogens (primary N) is 1. The summed E-state index contributed by atoms with van der Waals surface area (Å²) in [6.45, 7) is 0. The normalized spacial score (nSPS) is 11.4. The number of aromatic carboxylic acids is 1. The van der Waals surface area contributed by atoms with Crippen LogP contribution in [0.2, 0.25) is 0 Å².